The van der Waals surface area contributed by atoms with Gasteiger partial charge < -0.3 is 5.32 Å². The summed E-state index contributed by atoms with van der Waals surface area (Å²) in [5.41, 5.74) is -0.275. The van der Waals surface area contributed by atoms with Gasteiger partial charge in [0, 0.05) is 11.1 Å². The summed E-state index contributed by atoms with van der Waals surface area (Å²) in [7, 11) is 0. The number of carbonyl (C=O) groups is 3. The minimum atomic E-state index is -1.04. The number of benzene rings is 1. The molecule has 0 aliphatic heterocycles. The van der Waals surface area contributed by atoms with Crippen LogP contribution in [-0.4, -0.2) is 17.7 Å². The van der Waals surface area contributed by atoms with Crippen molar-refractivity contribution in [2.45, 2.75) is 33.4 Å². The van der Waals surface area contributed by atoms with E-state index in [1.54, 1.807) is 0 Å². The normalized spacial score (nSPS) is 10.2. The Morgan fingerprint density at radius 3 is 1.95 bits per heavy atom. The molecule has 22 heavy (non-hydrogen) atoms. The van der Waals surface area contributed by atoms with Gasteiger partial charge in [0.25, 0.3) is 0 Å². The second kappa shape index (κ2) is 8.16. The van der Waals surface area contributed by atoms with Crippen molar-refractivity contribution in [1.29, 1.82) is 0 Å². The minimum absolute atomic E-state index is 0.0823. The number of anilines is 1. The second-order valence-electron chi connectivity index (χ2n) is 4.57. The van der Waals surface area contributed by atoms with Crippen LogP contribution in [0.25, 0.3) is 0 Å². The maximum absolute atomic E-state index is 13.0. The SMILES string of the molecule is CC(=O)CC(=O)NC(=O)Nc1c(CF)cc(CF)cc1CF. The van der Waals surface area contributed by atoms with E-state index in [2.05, 4.69) is 5.32 Å². The van der Waals surface area contributed by atoms with Gasteiger partial charge in [0.15, 0.2) is 0 Å². The van der Waals surface area contributed by atoms with Crippen molar-refractivity contribution < 1.29 is 27.6 Å². The number of ketones is 1. The van der Waals surface area contributed by atoms with Crippen LogP contribution in [0.2, 0.25) is 0 Å². The first-order valence-electron chi connectivity index (χ1n) is 6.34. The van der Waals surface area contributed by atoms with E-state index in [1.807, 2.05) is 5.32 Å². The highest BCUT2D eigenvalue weighted by Gasteiger charge is 2.16. The smallest absolute Gasteiger partial charge is 0.307 e. The molecule has 120 valence electrons. The summed E-state index contributed by atoms with van der Waals surface area (Å²) in [5.74, 6) is -1.28. The molecular weight excluding hydrogens is 301 g/mol. The van der Waals surface area contributed by atoms with E-state index in [9.17, 15) is 27.6 Å². The third-order valence-corrected chi connectivity index (χ3v) is 2.70. The maximum atomic E-state index is 13.0. The molecule has 0 aliphatic rings. The lowest BCUT2D eigenvalue weighted by atomic mass is 10.0. The molecule has 0 unspecified atom stereocenters. The Balaban J connectivity index is 2.94. The van der Waals surface area contributed by atoms with E-state index >= 15 is 0 Å². The van der Waals surface area contributed by atoms with Crippen molar-refractivity contribution in [2.75, 3.05) is 5.32 Å². The van der Waals surface area contributed by atoms with E-state index < -0.39 is 44.2 Å². The van der Waals surface area contributed by atoms with Crippen LogP contribution < -0.4 is 10.6 Å². The van der Waals surface area contributed by atoms with Crippen molar-refractivity contribution in [3.63, 3.8) is 0 Å². The predicted molar refractivity (Wildman–Crippen MR) is 73.3 cm³/mol. The average molecular weight is 316 g/mol. The quantitative estimate of drug-likeness (QED) is 0.792. The number of Topliss-reactive ketones (excluding diaryl/α,β-unsaturated/α-hetero) is 1. The molecule has 0 atom stereocenters. The Kier molecular flexibility index (Phi) is 6.55. The third-order valence-electron chi connectivity index (χ3n) is 2.70. The fourth-order valence-electron chi connectivity index (χ4n) is 1.83. The standard InChI is InChI=1S/C14H15F3N2O3/c1-8(20)2-12(21)18-14(22)19-13-10(6-16)3-9(5-15)4-11(13)7-17/h3-4H,2,5-7H2,1H3,(H2,18,19,21,22). The van der Waals surface area contributed by atoms with Gasteiger partial charge in [-0.25, -0.2) is 18.0 Å². The topological polar surface area (TPSA) is 75.3 Å². The lowest BCUT2D eigenvalue weighted by Gasteiger charge is -2.14. The number of imide groups is 1. The molecular formula is C14H15F3N2O3. The molecule has 0 radical (unpaired) electrons. The molecule has 0 aromatic heterocycles. The van der Waals surface area contributed by atoms with E-state index in [4.69, 9.17) is 0 Å². The number of amides is 3. The third kappa shape index (κ3) is 4.87. The monoisotopic (exact) mass is 316 g/mol. The van der Waals surface area contributed by atoms with Crippen LogP contribution in [0.1, 0.15) is 30.0 Å². The predicted octanol–water partition coefficient (Wildman–Crippen LogP) is 2.72. The van der Waals surface area contributed by atoms with Crippen molar-refractivity contribution in [3.8, 4) is 0 Å². The Bertz CT molecular complexity index is 566. The number of alkyl halides is 3. The number of halogens is 3. The summed E-state index contributed by atoms with van der Waals surface area (Å²) in [5, 5.41) is 4.01. The van der Waals surface area contributed by atoms with Crippen LogP contribution in [0.5, 0.6) is 0 Å². The van der Waals surface area contributed by atoms with Gasteiger partial charge in [-0.2, -0.15) is 0 Å². The summed E-state index contributed by atoms with van der Waals surface area (Å²) >= 11 is 0. The van der Waals surface area contributed by atoms with Gasteiger partial charge in [0.1, 0.15) is 25.8 Å². The highest BCUT2D eigenvalue weighted by molar-refractivity contribution is 6.07. The molecule has 8 heteroatoms. The van der Waals surface area contributed by atoms with Crippen LogP contribution in [0.4, 0.5) is 23.7 Å². The fraction of sp³-hybridized carbons (Fsp3) is 0.357. The molecule has 1 aromatic carbocycles. The van der Waals surface area contributed by atoms with Crippen LogP contribution in [-0.2, 0) is 29.6 Å². The van der Waals surface area contributed by atoms with Crippen LogP contribution in [0.3, 0.4) is 0 Å². The van der Waals surface area contributed by atoms with Crippen molar-refractivity contribution in [3.05, 3.63) is 28.8 Å². The summed E-state index contributed by atoms with van der Waals surface area (Å²) in [4.78, 5) is 33.6. The van der Waals surface area contributed by atoms with Gasteiger partial charge >= 0.3 is 6.03 Å². The number of carbonyl (C=O) groups excluding carboxylic acids is 3. The molecule has 0 aliphatic carbocycles. The number of hydrogen-bond donors (Lipinski definition) is 2. The van der Waals surface area contributed by atoms with E-state index in [0.29, 0.717) is 0 Å². The molecule has 0 saturated carbocycles. The molecule has 1 aromatic rings. The lowest BCUT2D eigenvalue weighted by Crippen LogP contribution is -2.35. The first-order valence-corrected chi connectivity index (χ1v) is 6.34. The number of hydrogen-bond acceptors (Lipinski definition) is 3. The molecule has 0 bridgehead atoms. The zero-order valence-electron chi connectivity index (χ0n) is 11.8. The first kappa shape index (κ1) is 17.7. The van der Waals surface area contributed by atoms with Gasteiger partial charge in [-0.1, -0.05) is 0 Å². The summed E-state index contributed by atoms with van der Waals surface area (Å²) in [6, 6.07) is 1.29. The summed E-state index contributed by atoms with van der Waals surface area (Å²) < 4.78 is 38.6. The van der Waals surface area contributed by atoms with Gasteiger partial charge in [0.2, 0.25) is 5.91 Å². The van der Waals surface area contributed by atoms with Crippen LogP contribution in [0, 0.1) is 0 Å². The minimum Gasteiger partial charge on any atom is -0.307 e. The first-order chi connectivity index (χ1) is 10.4. The molecule has 0 fully saturated rings. The molecule has 3 amide bonds. The van der Waals surface area contributed by atoms with Gasteiger partial charge in [0.05, 0.1) is 12.1 Å². The summed E-state index contributed by atoms with van der Waals surface area (Å²) in [6.07, 6.45) is -0.486. The molecule has 1 rings (SSSR count). The number of rotatable bonds is 6. The van der Waals surface area contributed by atoms with Crippen LogP contribution >= 0.6 is 0 Å². The van der Waals surface area contributed by atoms with E-state index in [1.165, 1.54) is 6.92 Å². The molecule has 0 spiro atoms. The van der Waals surface area contributed by atoms with Gasteiger partial charge in [-0.15, -0.1) is 0 Å². The highest BCUT2D eigenvalue weighted by Crippen LogP contribution is 2.26. The Morgan fingerprint density at radius 1 is 1.00 bits per heavy atom. The number of nitrogens with one attached hydrogen (secondary N) is 2. The zero-order chi connectivity index (χ0) is 16.7. The molecule has 5 nitrogen and oxygen atoms in total. The summed E-state index contributed by atoms with van der Waals surface area (Å²) in [6.45, 7) is -1.81. The van der Waals surface area contributed by atoms with E-state index in [0.717, 1.165) is 12.1 Å². The fourth-order valence-corrected chi connectivity index (χ4v) is 1.83. The Labute approximate surface area is 124 Å². The Hall–Kier alpha value is -2.38. The zero-order valence-corrected chi connectivity index (χ0v) is 11.8. The van der Waals surface area contributed by atoms with E-state index in [-0.39, 0.29) is 22.4 Å². The van der Waals surface area contributed by atoms with Crippen molar-refractivity contribution in [1.82, 2.24) is 5.32 Å². The molecule has 0 heterocycles. The van der Waals surface area contributed by atoms with Crippen molar-refractivity contribution >= 4 is 23.4 Å². The maximum Gasteiger partial charge on any atom is 0.325 e. The number of urea groups is 1. The van der Waals surface area contributed by atoms with Crippen LogP contribution in [0.15, 0.2) is 12.1 Å². The second-order valence-corrected chi connectivity index (χ2v) is 4.57. The highest BCUT2D eigenvalue weighted by atomic mass is 19.1. The average Bonchev–Trinajstić information content (AvgIpc) is 2.46. The lowest BCUT2D eigenvalue weighted by molar-refractivity contribution is -0.126. The Morgan fingerprint density at radius 2 is 1.55 bits per heavy atom. The van der Waals surface area contributed by atoms with Gasteiger partial charge in [-0.3, -0.25) is 14.9 Å². The van der Waals surface area contributed by atoms with Gasteiger partial charge in [-0.05, 0) is 24.6 Å². The largest absolute Gasteiger partial charge is 0.325 e. The van der Waals surface area contributed by atoms with Crippen molar-refractivity contribution in [2.24, 2.45) is 0 Å². The molecule has 2 N–H and O–H groups in total. The molecule has 0 saturated heterocycles.